The Hall–Kier alpha value is -3.04. The quantitative estimate of drug-likeness (QED) is 0.330. The number of ether oxygens (including phenoxy) is 1. The first kappa shape index (κ1) is 29.5. The number of aldehydes is 1. The summed E-state index contributed by atoms with van der Waals surface area (Å²) in [6.45, 7) is 7.28. The highest BCUT2D eigenvalue weighted by Crippen LogP contribution is 2.43. The van der Waals surface area contributed by atoms with Crippen molar-refractivity contribution in [3.05, 3.63) is 35.4 Å². The molecule has 1 aliphatic carbocycles. The van der Waals surface area contributed by atoms with Gasteiger partial charge in [-0.05, 0) is 61.5 Å². The zero-order valence-corrected chi connectivity index (χ0v) is 22.5. The van der Waals surface area contributed by atoms with E-state index in [2.05, 4.69) is 16.0 Å². The summed E-state index contributed by atoms with van der Waals surface area (Å²) >= 11 is 0. The first-order chi connectivity index (χ1) is 17.9. The van der Waals surface area contributed by atoms with Gasteiger partial charge in [0, 0.05) is 18.0 Å². The number of hydrogen-bond acceptors (Lipinski definition) is 5. The predicted octanol–water partition coefficient (Wildman–Crippen LogP) is 4.03. The van der Waals surface area contributed by atoms with Crippen LogP contribution in [0.3, 0.4) is 0 Å². The molecule has 10 heteroatoms. The molecule has 3 rings (SSSR count). The minimum Gasteiger partial charge on any atom is -0.439 e. The van der Waals surface area contributed by atoms with Gasteiger partial charge in [-0.1, -0.05) is 45.9 Å². The number of benzene rings is 1. The topological polar surface area (TPSA) is 114 Å². The monoisotopic (exact) mass is 535 g/mol. The van der Waals surface area contributed by atoms with Gasteiger partial charge in [-0.3, -0.25) is 9.59 Å². The molecule has 210 valence electrons. The summed E-state index contributed by atoms with van der Waals surface area (Å²) in [5, 5.41) is 7.69. The number of nitrogens with one attached hydrogen (secondary N) is 3. The minimum absolute atomic E-state index is 0.0335. The van der Waals surface area contributed by atoms with Crippen molar-refractivity contribution in [1.29, 1.82) is 0 Å². The molecule has 0 aromatic heterocycles. The van der Waals surface area contributed by atoms with Crippen LogP contribution in [0.15, 0.2) is 24.3 Å². The predicted molar refractivity (Wildman–Crippen MR) is 138 cm³/mol. The van der Waals surface area contributed by atoms with Crippen LogP contribution in [0.4, 0.5) is 13.6 Å². The second-order valence-electron chi connectivity index (χ2n) is 11.2. The van der Waals surface area contributed by atoms with E-state index in [-0.39, 0.29) is 36.1 Å². The van der Waals surface area contributed by atoms with Crippen molar-refractivity contribution < 1.29 is 32.7 Å². The van der Waals surface area contributed by atoms with Crippen molar-refractivity contribution in [2.24, 2.45) is 17.8 Å². The van der Waals surface area contributed by atoms with E-state index >= 15 is 8.78 Å². The van der Waals surface area contributed by atoms with Crippen molar-refractivity contribution in [3.8, 4) is 0 Å². The van der Waals surface area contributed by atoms with Crippen LogP contribution >= 0.6 is 0 Å². The van der Waals surface area contributed by atoms with Gasteiger partial charge in [-0.25, -0.2) is 4.79 Å². The van der Waals surface area contributed by atoms with E-state index in [4.69, 9.17) is 4.74 Å². The lowest BCUT2D eigenvalue weighted by Gasteiger charge is -2.31. The fourth-order valence-corrected chi connectivity index (χ4v) is 4.81. The number of amides is 3. The Morgan fingerprint density at radius 3 is 2.42 bits per heavy atom. The molecule has 3 N–H and O–H groups in total. The fraction of sp³-hybridized carbons (Fsp3) is 0.643. The van der Waals surface area contributed by atoms with Crippen molar-refractivity contribution in [1.82, 2.24) is 16.0 Å². The van der Waals surface area contributed by atoms with Crippen LogP contribution in [0.5, 0.6) is 0 Å². The van der Waals surface area contributed by atoms with E-state index < -0.39 is 42.0 Å². The highest BCUT2D eigenvalue weighted by Gasteiger charge is 2.47. The number of carbonyl (C=O) groups is 4. The normalized spacial score (nSPS) is 20.0. The van der Waals surface area contributed by atoms with Crippen LogP contribution in [-0.4, -0.2) is 48.9 Å². The number of alkyl carbamates (subject to hydrolysis) is 1. The maximum absolute atomic E-state index is 15.6. The van der Waals surface area contributed by atoms with Gasteiger partial charge in [0.2, 0.25) is 11.8 Å². The van der Waals surface area contributed by atoms with Gasteiger partial charge in [0.15, 0.2) is 6.10 Å². The first-order valence-corrected chi connectivity index (χ1v) is 13.4. The Kier molecular flexibility index (Phi) is 9.84. The lowest BCUT2D eigenvalue weighted by Crippen LogP contribution is -2.52. The first-order valence-electron chi connectivity index (χ1n) is 13.4. The maximum atomic E-state index is 15.6. The number of carbonyl (C=O) groups excluding carboxylic acids is 4. The molecule has 1 heterocycles. The molecule has 2 aliphatic rings. The molecule has 3 amide bonds. The summed E-state index contributed by atoms with van der Waals surface area (Å²) in [5.74, 6) is -5.11. The van der Waals surface area contributed by atoms with E-state index in [0.29, 0.717) is 25.2 Å². The molecular weight excluding hydrogens is 496 g/mol. The lowest BCUT2D eigenvalue weighted by atomic mass is 9.93. The third-order valence-electron chi connectivity index (χ3n) is 7.03. The molecule has 1 aromatic carbocycles. The SMILES string of the molecule is CC(C)C[C@H](NC(=O)OC(C(C)C)C(F)(F)c1cccc(C2CC2)c1)C(=O)N[C@H](C=O)C[C@@H]1CCNC1=O. The van der Waals surface area contributed by atoms with Gasteiger partial charge >= 0.3 is 12.0 Å². The van der Waals surface area contributed by atoms with Crippen molar-refractivity contribution in [2.45, 2.75) is 89.8 Å². The van der Waals surface area contributed by atoms with Crippen LogP contribution in [0.1, 0.15) is 76.8 Å². The highest BCUT2D eigenvalue weighted by molar-refractivity contribution is 5.88. The Bertz CT molecular complexity index is 1010. The highest BCUT2D eigenvalue weighted by atomic mass is 19.3. The van der Waals surface area contributed by atoms with E-state index in [1.165, 1.54) is 12.1 Å². The molecule has 38 heavy (non-hydrogen) atoms. The molecule has 1 aliphatic heterocycles. The number of hydrogen-bond donors (Lipinski definition) is 3. The molecule has 0 radical (unpaired) electrons. The standard InChI is InChI=1S/C28H39F2N3O5/c1-16(2)12-23(26(36)32-22(15-34)14-20-10-11-31-25(20)35)33-27(37)38-24(17(3)4)28(29,30)21-7-5-6-19(13-21)18-8-9-18/h5-7,13,15-18,20,22-24H,8-12,14H2,1-4H3,(H,31,35)(H,32,36)(H,33,37)/t20-,22-,23-,24?/m0/s1. The van der Waals surface area contributed by atoms with E-state index in [1.54, 1.807) is 19.9 Å². The number of halogens is 2. The third-order valence-corrected chi connectivity index (χ3v) is 7.03. The van der Waals surface area contributed by atoms with E-state index in [0.717, 1.165) is 18.4 Å². The van der Waals surface area contributed by atoms with Crippen LogP contribution < -0.4 is 16.0 Å². The molecule has 4 atom stereocenters. The van der Waals surface area contributed by atoms with Crippen molar-refractivity contribution in [2.75, 3.05) is 6.54 Å². The number of alkyl halides is 2. The Morgan fingerprint density at radius 2 is 1.87 bits per heavy atom. The molecule has 1 saturated heterocycles. The molecular formula is C28H39F2N3O5. The molecule has 0 bridgehead atoms. The van der Waals surface area contributed by atoms with Gasteiger partial charge in [0.05, 0.1) is 6.04 Å². The zero-order chi connectivity index (χ0) is 28.0. The molecule has 0 spiro atoms. The Morgan fingerprint density at radius 1 is 1.16 bits per heavy atom. The summed E-state index contributed by atoms with van der Waals surface area (Å²) < 4.78 is 36.4. The summed E-state index contributed by atoms with van der Waals surface area (Å²) in [7, 11) is 0. The summed E-state index contributed by atoms with van der Waals surface area (Å²) in [6.07, 6.45) is 0.500. The third kappa shape index (κ3) is 7.74. The largest absolute Gasteiger partial charge is 0.439 e. The van der Waals surface area contributed by atoms with Gasteiger partial charge in [0.25, 0.3) is 0 Å². The maximum Gasteiger partial charge on any atom is 0.408 e. The van der Waals surface area contributed by atoms with Gasteiger partial charge in [0.1, 0.15) is 12.3 Å². The van der Waals surface area contributed by atoms with Gasteiger partial charge < -0.3 is 25.5 Å². The molecule has 2 fully saturated rings. The van der Waals surface area contributed by atoms with Gasteiger partial charge in [-0.2, -0.15) is 8.78 Å². The fourth-order valence-electron chi connectivity index (χ4n) is 4.81. The van der Waals surface area contributed by atoms with E-state index in [9.17, 15) is 19.2 Å². The van der Waals surface area contributed by atoms with Crippen molar-refractivity contribution >= 4 is 24.2 Å². The van der Waals surface area contributed by atoms with Crippen LogP contribution in [0.25, 0.3) is 0 Å². The lowest BCUT2D eigenvalue weighted by molar-refractivity contribution is -0.136. The smallest absolute Gasteiger partial charge is 0.408 e. The second kappa shape index (κ2) is 12.7. The Balaban J connectivity index is 1.68. The molecule has 1 aromatic rings. The molecule has 8 nitrogen and oxygen atoms in total. The molecule has 1 unspecified atom stereocenters. The van der Waals surface area contributed by atoms with Gasteiger partial charge in [-0.15, -0.1) is 0 Å². The van der Waals surface area contributed by atoms with E-state index in [1.807, 2.05) is 19.9 Å². The molecule has 1 saturated carbocycles. The van der Waals surface area contributed by atoms with Crippen molar-refractivity contribution in [3.63, 3.8) is 0 Å². The average molecular weight is 536 g/mol. The van der Waals surface area contributed by atoms with Crippen LogP contribution in [-0.2, 0) is 25.0 Å². The Labute approximate surface area is 222 Å². The second-order valence-corrected chi connectivity index (χ2v) is 11.2. The summed E-state index contributed by atoms with van der Waals surface area (Å²) in [4.78, 5) is 49.3. The zero-order valence-electron chi connectivity index (χ0n) is 22.5. The summed E-state index contributed by atoms with van der Waals surface area (Å²) in [6, 6.07) is 4.21. The van der Waals surface area contributed by atoms with Crippen LogP contribution in [0, 0.1) is 17.8 Å². The number of rotatable bonds is 13. The summed E-state index contributed by atoms with van der Waals surface area (Å²) in [5.41, 5.74) is 0.636. The average Bonchev–Trinajstić information content (AvgIpc) is 3.63. The minimum atomic E-state index is -3.45. The van der Waals surface area contributed by atoms with Crippen LogP contribution in [0.2, 0.25) is 0 Å².